The lowest BCUT2D eigenvalue weighted by molar-refractivity contribution is -0.130. The largest absolute Gasteiger partial charge is 0.485 e. The van der Waals surface area contributed by atoms with Gasteiger partial charge in [-0.25, -0.2) is 4.98 Å². The van der Waals surface area contributed by atoms with E-state index >= 15 is 0 Å². The van der Waals surface area contributed by atoms with E-state index in [9.17, 15) is 9.59 Å². The van der Waals surface area contributed by atoms with Crippen LogP contribution in [0.25, 0.3) is 0 Å². The van der Waals surface area contributed by atoms with Crippen molar-refractivity contribution in [3.63, 3.8) is 0 Å². The molecule has 2 aliphatic rings. The van der Waals surface area contributed by atoms with Crippen molar-refractivity contribution < 1.29 is 14.3 Å². The minimum atomic E-state index is -0.693. The number of para-hydroxylation sites is 2. The van der Waals surface area contributed by atoms with E-state index in [0.29, 0.717) is 30.5 Å². The van der Waals surface area contributed by atoms with Gasteiger partial charge in [0.25, 0.3) is 11.5 Å². The molecule has 0 saturated heterocycles. The molecular weight excluding hydrogens is 322 g/mol. The van der Waals surface area contributed by atoms with Gasteiger partial charge in [-0.1, -0.05) is 12.1 Å². The summed E-state index contributed by atoms with van der Waals surface area (Å²) in [4.78, 5) is 28.6. The number of fused-ring (bicyclic) bond motifs is 1. The molecule has 7 heteroatoms. The van der Waals surface area contributed by atoms with Crippen LogP contribution in [0, 0.1) is 0 Å². The minimum absolute atomic E-state index is 0.0858. The smallest absolute Gasteiger partial charge is 0.264 e. The second-order valence-corrected chi connectivity index (χ2v) is 6.27. The predicted octanol–water partition coefficient (Wildman–Crippen LogP) is 1.08. The SMILES string of the molecule is O=C(NCCn1cnc(C2CC2)cc1=O)[C@H]1COc2ccccc2O1. The van der Waals surface area contributed by atoms with Crippen LogP contribution in [-0.4, -0.2) is 34.7 Å². The molecule has 1 saturated carbocycles. The van der Waals surface area contributed by atoms with E-state index < -0.39 is 6.10 Å². The molecule has 0 unspecified atom stereocenters. The lowest BCUT2D eigenvalue weighted by Crippen LogP contribution is -2.45. The third-order valence-corrected chi connectivity index (χ3v) is 4.35. The molecule has 4 rings (SSSR count). The molecular formula is C18H19N3O4. The quantitative estimate of drug-likeness (QED) is 0.880. The first-order valence-corrected chi connectivity index (χ1v) is 8.43. The number of hydrogen-bond donors (Lipinski definition) is 1. The Morgan fingerprint density at radius 3 is 2.84 bits per heavy atom. The van der Waals surface area contributed by atoms with Gasteiger partial charge in [0.05, 0.1) is 12.0 Å². The van der Waals surface area contributed by atoms with E-state index in [-0.39, 0.29) is 18.1 Å². The molecule has 0 radical (unpaired) electrons. The fourth-order valence-corrected chi connectivity index (χ4v) is 2.77. The zero-order chi connectivity index (χ0) is 17.2. The Labute approximate surface area is 144 Å². The third-order valence-electron chi connectivity index (χ3n) is 4.35. The van der Waals surface area contributed by atoms with Crippen LogP contribution < -0.4 is 20.3 Å². The van der Waals surface area contributed by atoms with Crippen LogP contribution in [0.4, 0.5) is 0 Å². The molecule has 1 N–H and O–H groups in total. The number of nitrogens with one attached hydrogen (secondary N) is 1. The van der Waals surface area contributed by atoms with Crippen LogP contribution >= 0.6 is 0 Å². The lowest BCUT2D eigenvalue weighted by atomic mass is 10.2. The highest BCUT2D eigenvalue weighted by Crippen LogP contribution is 2.38. The average molecular weight is 341 g/mol. The molecule has 1 fully saturated rings. The second kappa shape index (κ2) is 6.58. The third kappa shape index (κ3) is 3.50. The number of carbonyl (C=O) groups is 1. The van der Waals surface area contributed by atoms with Gasteiger partial charge in [0.15, 0.2) is 11.5 Å². The van der Waals surface area contributed by atoms with Crippen LogP contribution in [0.1, 0.15) is 24.5 Å². The van der Waals surface area contributed by atoms with Crippen LogP contribution in [0.15, 0.2) is 41.5 Å². The molecule has 2 aromatic rings. The first-order valence-electron chi connectivity index (χ1n) is 8.43. The van der Waals surface area contributed by atoms with E-state index in [1.807, 2.05) is 12.1 Å². The summed E-state index contributed by atoms with van der Waals surface area (Å²) in [6, 6.07) is 8.83. The number of hydrogen-bond acceptors (Lipinski definition) is 5. The number of carbonyl (C=O) groups excluding carboxylic acids is 1. The Morgan fingerprint density at radius 2 is 2.08 bits per heavy atom. The van der Waals surface area contributed by atoms with Crippen LogP contribution in [0.2, 0.25) is 0 Å². The molecule has 0 spiro atoms. The highest BCUT2D eigenvalue weighted by molar-refractivity contribution is 5.81. The first-order chi connectivity index (χ1) is 12.2. The van der Waals surface area contributed by atoms with Crippen molar-refractivity contribution in [2.24, 2.45) is 0 Å². The molecule has 1 aromatic heterocycles. The summed E-state index contributed by atoms with van der Waals surface area (Å²) in [5, 5.41) is 2.78. The number of ether oxygens (including phenoxy) is 2. The maximum absolute atomic E-state index is 12.2. The Kier molecular flexibility index (Phi) is 4.13. The minimum Gasteiger partial charge on any atom is -0.485 e. The molecule has 130 valence electrons. The Bertz CT molecular complexity index is 844. The van der Waals surface area contributed by atoms with Gasteiger partial charge in [0.1, 0.15) is 6.61 Å². The van der Waals surface area contributed by atoms with Gasteiger partial charge < -0.3 is 14.8 Å². The fraction of sp³-hybridized carbons (Fsp3) is 0.389. The number of rotatable bonds is 5. The summed E-state index contributed by atoms with van der Waals surface area (Å²) >= 11 is 0. The summed E-state index contributed by atoms with van der Waals surface area (Å²) in [5.74, 6) is 1.39. The molecule has 25 heavy (non-hydrogen) atoms. The maximum Gasteiger partial charge on any atom is 0.264 e. The number of aromatic nitrogens is 2. The monoisotopic (exact) mass is 341 g/mol. The summed E-state index contributed by atoms with van der Waals surface area (Å²) < 4.78 is 12.7. The Hall–Kier alpha value is -2.83. The van der Waals surface area contributed by atoms with Crippen molar-refractivity contribution in [3.05, 3.63) is 52.7 Å². The van der Waals surface area contributed by atoms with Crippen LogP contribution in [-0.2, 0) is 11.3 Å². The lowest BCUT2D eigenvalue weighted by Gasteiger charge is -2.25. The highest BCUT2D eigenvalue weighted by atomic mass is 16.6. The number of benzene rings is 1. The topological polar surface area (TPSA) is 82.5 Å². The number of nitrogens with zero attached hydrogens (tertiary/aromatic N) is 2. The molecule has 7 nitrogen and oxygen atoms in total. The molecule has 1 amide bonds. The van der Waals surface area contributed by atoms with E-state index in [2.05, 4.69) is 10.3 Å². The number of amides is 1. The molecule has 2 heterocycles. The van der Waals surface area contributed by atoms with Crippen molar-refractivity contribution in [3.8, 4) is 11.5 Å². The van der Waals surface area contributed by atoms with E-state index in [1.165, 1.54) is 4.57 Å². The van der Waals surface area contributed by atoms with Crippen molar-refractivity contribution in [2.45, 2.75) is 31.4 Å². The predicted molar refractivity (Wildman–Crippen MR) is 89.8 cm³/mol. The van der Waals surface area contributed by atoms with Crippen molar-refractivity contribution in [1.82, 2.24) is 14.9 Å². The average Bonchev–Trinajstić information content (AvgIpc) is 3.47. The Morgan fingerprint density at radius 1 is 1.28 bits per heavy atom. The summed E-state index contributed by atoms with van der Waals surface area (Å²) in [6.07, 6.45) is 3.08. The molecule has 1 aliphatic heterocycles. The van der Waals surface area contributed by atoms with Gasteiger partial charge in [0.2, 0.25) is 6.10 Å². The van der Waals surface area contributed by atoms with Crippen LogP contribution in [0.3, 0.4) is 0 Å². The zero-order valence-electron chi connectivity index (χ0n) is 13.7. The molecule has 0 bridgehead atoms. The van der Waals surface area contributed by atoms with Gasteiger partial charge in [-0.3, -0.25) is 14.2 Å². The molecule has 1 aromatic carbocycles. The summed E-state index contributed by atoms with van der Waals surface area (Å²) in [7, 11) is 0. The van der Waals surface area contributed by atoms with Gasteiger partial charge in [-0.05, 0) is 25.0 Å². The van der Waals surface area contributed by atoms with Gasteiger partial charge in [0, 0.05) is 25.1 Å². The standard InChI is InChI=1S/C18H19N3O4/c22-17-9-13(12-5-6-12)20-11-21(17)8-7-19-18(23)16-10-24-14-3-1-2-4-15(14)25-16/h1-4,9,11-12,16H,5-8,10H2,(H,19,23)/t16-/m1/s1. The second-order valence-electron chi connectivity index (χ2n) is 6.27. The van der Waals surface area contributed by atoms with Crippen molar-refractivity contribution >= 4 is 5.91 Å². The van der Waals surface area contributed by atoms with Crippen molar-refractivity contribution in [1.29, 1.82) is 0 Å². The van der Waals surface area contributed by atoms with E-state index in [0.717, 1.165) is 18.5 Å². The van der Waals surface area contributed by atoms with Crippen LogP contribution in [0.5, 0.6) is 11.5 Å². The van der Waals surface area contributed by atoms with Gasteiger partial charge in [-0.2, -0.15) is 0 Å². The van der Waals surface area contributed by atoms with Crippen molar-refractivity contribution in [2.75, 3.05) is 13.2 Å². The highest BCUT2D eigenvalue weighted by Gasteiger charge is 2.27. The maximum atomic E-state index is 12.2. The van der Waals surface area contributed by atoms with E-state index in [4.69, 9.17) is 9.47 Å². The first kappa shape index (κ1) is 15.7. The fourth-order valence-electron chi connectivity index (χ4n) is 2.77. The van der Waals surface area contributed by atoms with E-state index in [1.54, 1.807) is 24.5 Å². The molecule has 1 aliphatic carbocycles. The Balaban J connectivity index is 1.30. The van der Waals surface area contributed by atoms with Gasteiger partial charge in [-0.15, -0.1) is 0 Å². The zero-order valence-corrected chi connectivity index (χ0v) is 13.7. The van der Waals surface area contributed by atoms with Gasteiger partial charge >= 0.3 is 0 Å². The molecule has 1 atom stereocenters. The summed E-state index contributed by atoms with van der Waals surface area (Å²) in [5.41, 5.74) is 0.786. The summed E-state index contributed by atoms with van der Waals surface area (Å²) in [6.45, 7) is 0.859. The normalized spacial score (nSPS) is 18.6.